The molecule has 3 heterocycles. The minimum absolute atomic E-state index is 0.159. The van der Waals surface area contributed by atoms with Gasteiger partial charge in [0.05, 0.1) is 6.10 Å². The van der Waals surface area contributed by atoms with Crippen LogP contribution >= 0.6 is 11.8 Å². The summed E-state index contributed by atoms with van der Waals surface area (Å²) < 4.78 is 6.33. The molecule has 6 nitrogen and oxygen atoms in total. The average Bonchev–Trinajstić information content (AvgIpc) is 3.23. The van der Waals surface area contributed by atoms with E-state index in [0.29, 0.717) is 12.1 Å². The van der Waals surface area contributed by atoms with Gasteiger partial charge in [-0.05, 0) is 30.3 Å². The lowest BCUT2D eigenvalue weighted by atomic mass is 10.1. The number of rotatable bonds is 4. The molecular formula is C19H19N3O3S. The number of benzene rings is 1. The second kappa shape index (κ2) is 6.74. The molecule has 2 aliphatic heterocycles. The van der Waals surface area contributed by atoms with Crippen LogP contribution in [0.2, 0.25) is 0 Å². The molecule has 0 radical (unpaired) electrons. The normalized spacial score (nSPS) is 26.0. The van der Waals surface area contributed by atoms with Gasteiger partial charge in [-0.15, -0.1) is 0 Å². The molecule has 26 heavy (non-hydrogen) atoms. The maximum absolute atomic E-state index is 12.9. The minimum Gasteiger partial charge on any atom is -0.354 e. The van der Waals surface area contributed by atoms with Crippen LogP contribution in [0.15, 0.2) is 54.7 Å². The molecule has 2 unspecified atom stereocenters. The lowest BCUT2D eigenvalue weighted by Crippen LogP contribution is -2.41. The number of carbonyl (C=O) groups is 2. The molecule has 0 saturated carbocycles. The van der Waals surface area contributed by atoms with E-state index in [2.05, 4.69) is 9.88 Å². The summed E-state index contributed by atoms with van der Waals surface area (Å²) in [7, 11) is 1.50. The highest BCUT2D eigenvalue weighted by Gasteiger charge is 2.55. The Kier molecular flexibility index (Phi) is 4.42. The zero-order valence-corrected chi connectivity index (χ0v) is 15.2. The van der Waals surface area contributed by atoms with Crippen LogP contribution in [-0.4, -0.2) is 47.3 Å². The Hall–Kier alpha value is -2.38. The van der Waals surface area contributed by atoms with Gasteiger partial charge >= 0.3 is 0 Å². The lowest BCUT2D eigenvalue weighted by molar-refractivity contribution is -0.146. The number of carbonyl (C=O) groups excluding carboxylic acids is 2. The smallest absolute Gasteiger partial charge is 0.291 e. The molecular weight excluding hydrogens is 350 g/mol. The lowest BCUT2D eigenvalue weighted by Gasteiger charge is -2.29. The van der Waals surface area contributed by atoms with Gasteiger partial charge in [0.1, 0.15) is 5.82 Å². The fourth-order valence-electron chi connectivity index (χ4n) is 3.33. The van der Waals surface area contributed by atoms with E-state index in [4.69, 9.17) is 4.74 Å². The summed E-state index contributed by atoms with van der Waals surface area (Å²) in [6.07, 6.45) is 2.38. The van der Waals surface area contributed by atoms with Gasteiger partial charge in [0.25, 0.3) is 11.1 Å². The summed E-state index contributed by atoms with van der Waals surface area (Å²) in [5.74, 6) is 0.570. The van der Waals surface area contributed by atoms with E-state index in [1.807, 2.05) is 48.5 Å². The fraction of sp³-hybridized carbons (Fsp3) is 0.316. The average molecular weight is 369 g/mol. The predicted octanol–water partition coefficient (Wildman–Crippen LogP) is 2.86. The number of thioether (sulfide) groups is 1. The maximum Gasteiger partial charge on any atom is 0.291 e. The Balaban J connectivity index is 1.59. The van der Waals surface area contributed by atoms with E-state index in [1.165, 1.54) is 7.05 Å². The first-order valence-corrected chi connectivity index (χ1v) is 9.32. The number of likely N-dealkylation sites (N-methyl/N-ethyl adjacent to an activating group) is 1. The van der Waals surface area contributed by atoms with Gasteiger partial charge < -0.3 is 9.64 Å². The van der Waals surface area contributed by atoms with Gasteiger partial charge in [-0.2, -0.15) is 0 Å². The van der Waals surface area contributed by atoms with E-state index < -0.39 is 4.93 Å². The van der Waals surface area contributed by atoms with Crippen LogP contribution in [0.4, 0.5) is 10.6 Å². The van der Waals surface area contributed by atoms with Crippen LogP contribution in [-0.2, 0) is 14.5 Å². The third-order valence-corrected chi connectivity index (χ3v) is 5.94. The summed E-state index contributed by atoms with van der Waals surface area (Å²) in [6, 6.07) is 15.1. The number of pyridine rings is 1. The quantitative estimate of drug-likeness (QED) is 0.826. The Bertz CT molecular complexity index is 817. The number of aromatic nitrogens is 1. The molecule has 2 saturated heterocycles. The summed E-state index contributed by atoms with van der Waals surface area (Å²) in [4.78, 5) is 31.5. The predicted molar refractivity (Wildman–Crippen MR) is 99.8 cm³/mol. The van der Waals surface area contributed by atoms with Gasteiger partial charge in [0, 0.05) is 31.9 Å². The molecule has 1 aromatic carbocycles. The summed E-state index contributed by atoms with van der Waals surface area (Å²) in [6.45, 7) is 1.44. The molecule has 1 aromatic heterocycles. The number of ether oxygens (including phenoxy) is 1. The Morgan fingerprint density at radius 3 is 2.58 bits per heavy atom. The highest BCUT2D eigenvalue weighted by molar-refractivity contribution is 8.15. The molecule has 7 heteroatoms. The molecule has 2 fully saturated rings. The second-order valence-electron chi connectivity index (χ2n) is 6.38. The molecule has 2 aliphatic rings. The molecule has 134 valence electrons. The van der Waals surface area contributed by atoms with E-state index in [0.717, 1.165) is 35.4 Å². The number of amides is 2. The Morgan fingerprint density at radius 1 is 1.15 bits per heavy atom. The van der Waals surface area contributed by atoms with E-state index in [-0.39, 0.29) is 17.3 Å². The fourth-order valence-corrected chi connectivity index (χ4v) is 4.46. The van der Waals surface area contributed by atoms with Gasteiger partial charge in [0.15, 0.2) is 0 Å². The summed E-state index contributed by atoms with van der Waals surface area (Å²) in [5, 5.41) is -0.293. The van der Waals surface area contributed by atoms with Crippen molar-refractivity contribution < 1.29 is 14.3 Å². The summed E-state index contributed by atoms with van der Waals surface area (Å²) >= 11 is 0.947. The first-order valence-electron chi connectivity index (χ1n) is 8.50. The van der Waals surface area contributed by atoms with Crippen LogP contribution in [0.5, 0.6) is 0 Å². The molecule has 0 aliphatic carbocycles. The van der Waals surface area contributed by atoms with Crippen LogP contribution in [0.1, 0.15) is 12.0 Å². The third kappa shape index (κ3) is 2.87. The molecule has 2 aromatic rings. The number of hydrogen-bond donors (Lipinski definition) is 0. The van der Waals surface area contributed by atoms with Crippen LogP contribution in [0.3, 0.4) is 0 Å². The topological polar surface area (TPSA) is 62.7 Å². The molecule has 2 amide bonds. The molecule has 0 spiro atoms. The third-order valence-electron chi connectivity index (χ3n) is 4.70. The second-order valence-corrected chi connectivity index (χ2v) is 7.51. The van der Waals surface area contributed by atoms with Crippen LogP contribution < -0.4 is 4.90 Å². The molecule has 0 bridgehead atoms. The van der Waals surface area contributed by atoms with Crippen molar-refractivity contribution >= 4 is 28.7 Å². The summed E-state index contributed by atoms with van der Waals surface area (Å²) in [5.41, 5.74) is 0.698. The van der Waals surface area contributed by atoms with Crippen molar-refractivity contribution in [2.45, 2.75) is 17.5 Å². The van der Waals surface area contributed by atoms with Crippen molar-refractivity contribution in [3.8, 4) is 0 Å². The van der Waals surface area contributed by atoms with Crippen molar-refractivity contribution in [3.05, 3.63) is 60.3 Å². The first kappa shape index (κ1) is 17.1. The highest BCUT2D eigenvalue weighted by atomic mass is 32.2. The Morgan fingerprint density at radius 2 is 1.92 bits per heavy atom. The number of anilines is 1. The van der Waals surface area contributed by atoms with Gasteiger partial charge in [-0.25, -0.2) is 4.98 Å². The standard InChI is InChI=1S/C19H19N3O3S/c1-21-17(23)19(26-18(21)24,14-7-3-2-4-8-14)25-15-10-12-22(13-15)16-9-5-6-11-20-16/h2-9,11,15H,10,12-13H2,1H3. The van der Waals surface area contributed by atoms with Crippen molar-refractivity contribution in [3.63, 3.8) is 0 Å². The molecule has 0 N–H and O–H groups in total. The van der Waals surface area contributed by atoms with E-state index in [9.17, 15) is 9.59 Å². The van der Waals surface area contributed by atoms with Gasteiger partial charge in [0.2, 0.25) is 4.93 Å². The van der Waals surface area contributed by atoms with Crippen LogP contribution in [0, 0.1) is 0 Å². The maximum atomic E-state index is 12.9. The monoisotopic (exact) mass is 369 g/mol. The number of hydrogen-bond acceptors (Lipinski definition) is 6. The zero-order valence-electron chi connectivity index (χ0n) is 14.4. The molecule has 4 rings (SSSR count). The zero-order chi connectivity index (χ0) is 18.1. The van der Waals surface area contributed by atoms with Crippen molar-refractivity contribution in [2.75, 3.05) is 25.0 Å². The highest BCUT2D eigenvalue weighted by Crippen LogP contribution is 2.47. The van der Waals surface area contributed by atoms with E-state index in [1.54, 1.807) is 6.20 Å². The minimum atomic E-state index is -1.31. The van der Waals surface area contributed by atoms with Crippen LogP contribution in [0.25, 0.3) is 0 Å². The Labute approximate surface area is 156 Å². The van der Waals surface area contributed by atoms with E-state index >= 15 is 0 Å². The van der Waals surface area contributed by atoms with Crippen molar-refractivity contribution in [2.24, 2.45) is 0 Å². The largest absolute Gasteiger partial charge is 0.354 e. The number of imide groups is 1. The SMILES string of the molecule is CN1C(=O)SC(OC2CCN(c3ccccn3)C2)(c2ccccc2)C1=O. The molecule has 2 atom stereocenters. The van der Waals surface area contributed by atoms with Crippen molar-refractivity contribution in [1.82, 2.24) is 9.88 Å². The van der Waals surface area contributed by atoms with Gasteiger partial charge in [-0.1, -0.05) is 36.4 Å². The van der Waals surface area contributed by atoms with Gasteiger partial charge in [-0.3, -0.25) is 14.5 Å². The number of nitrogens with zero attached hydrogens (tertiary/aromatic N) is 3. The van der Waals surface area contributed by atoms with Crippen molar-refractivity contribution in [1.29, 1.82) is 0 Å². The first-order chi connectivity index (χ1) is 12.6.